The van der Waals surface area contributed by atoms with Gasteiger partial charge in [0.1, 0.15) is 9.88 Å². The van der Waals surface area contributed by atoms with Gasteiger partial charge >= 0.3 is 4.87 Å². The molecule has 0 aliphatic carbocycles. The molecule has 0 aliphatic rings. The zero-order valence-electron chi connectivity index (χ0n) is 10.1. The van der Waals surface area contributed by atoms with E-state index in [1.807, 2.05) is 13.8 Å². The van der Waals surface area contributed by atoms with E-state index in [2.05, 4.69) is 20.5 Å². The standard InChI is InChI=1S/C10H12N4O2S2/c1-4(2)8-13-14-9(18-8)12-7(15)6-5(3)11-10(16)17-6/h4H,1-3H3,(H,11,16)(H,12,14,15). The molecule has 1 amide bonds. The van der Waals surface area contributed by atoms with Gasteiger partial charge in [0.05, 0.1) is 0 Å². The first-order valence-corrected chi connectivity index (χ1v) is 6.95. The van der Waals surface area contributed by atoms with Gasteiger partial charge in [0.15, 0.2) is 0 Å². The molecule has 0 radical (unpaired) electrons. The predicted molar refractivity (Wildman–Crippen MR) is 71.6 cm³/mol. The largest absolute Gasteiger partial charge is 0.316 e. The van der Waals surface area contributed by atoms with Crippen molar-refractivity contribution < 1.29 is 4.79 Å². The molecule has 0 aliphatic heterocycles. The molecule has 96 valence electrons. The Bertz CT molecular complexity index is 626. The third-order valence-electron chi connectivity index (χ3n) is 2.19. The number of H-pyrrole nitrogens is 1. The minimum absolute atomic E-state index is 0.238. The van der Waals surface area contributed by atoms with Crippen LogP contribution in [0.15, 0.2) is 4.79 Å². The van der Waals surface area contributed by atoms with E-state index in [0.717, 1.165) is 16.3 Å². The van der Waals surface area contributed by atoms with Crippen molar-refractivity contribution in [2.45, 2.75) is 26.7 Å². The quantitative estimate of drug-likeness (QED) is 0.902. The molecule has 2 aromatic rings. The maximum absolute atomic E-state index is 11.9. The molecular formula is C10H12N4O2S2. The van der Waals surface area contributed by atoms with Crippen molar-refractivity contribution in [3.8, 4) is 0 Å². The van der Waals surface area contributed by atoms with Crippen molar-refractivity contribution in [2.24, 2.45) is 0 Å². The van der Waals surface area contributed by atoms with Crippen LogP contribution in [0.25, 0.3) is 0 Å². The maximum atomic E-state index is 11.9. The molecule has 2 N–H and O–H groups in total. The number of amides is 1. The predicted octanol–water partition coefficient (Wildman–Crippen LogP) is 1.97. The summed E-state index contributed by atoms with van der Waals surface area (Å²) in [5, 5.41) is 11.8. The second kappa shape index (κ2) is 4.99. The Hall–Kier alpha value is -1.54. The number of nitrogens with one attached hydrogen (secondary N) is 2. The molecule has 2 aromatic heterocycles. The van der Waals surface area contributed by atoms with Gasteiger partial charge in [-0.3, -0.25) is 14.9 Å². The zero-order chi connectivity index (χ0) is 13.3. The lowest BCUT2D eigenvalue weighted by Gasteiger charge is -1.98. The number of rotatable bonds is 3. The number of aromatic nitrogens is 3. The van der Waals surface area contributed by atoms with Gasteiger partial charge in [-0.25, -0.2) is 0 Å². The Morgan fingerprint density at radius 2 is 2.06 bits per heavy atom. The average molecular weight is 284 g/mol. The molecule has 0 atom stereocenters. The van der Waals surface area contributed by atoms with Gasteiger partial charge in [-0.1, -0.05) is 36.5 Å². The van der Waals surface area contributed by atoms with Crippen LogP contribution in [0.2, 0.25) is 0 Å². The summed E-state index contributed by atoms with van der Waals surface area (Å²) in [4.78, 5) is 25.7. The number of aryl methyl sites for hydroxylation is 1. The Labute approximate surface area is 111 Å². The number of anilines is 1. The maximum Gasteiger partial charge on any atom is 0.305 e. The van der Waals surface area contributed by atoms with Crippen LogP contribution in [-0.2, 0) is 0 Å². The Kier molecular flexibility index (Phi) is 3.58. The SMILES string of the molecule is Cc1[nH]c(=O)sc1C(=O)Nc1nnc(C(C)C)s1. The highest BCUT2D eigenvalue weighted by atomic mass is 32.1. The molecule has 0 saturated carbocycles. The molecule has 0 bridgehead atoms. The summed E-state index contributed by atoms with van der Waals surface area (Å²) in [6.45, 7) is 5.70. The van der Waals surface area contributed by atoms with Gasteiger partial charge in [-0.2, -0.15) is 0 Å². The minimum Gasteiger partial charge on any atom is -0.316 e. The van der Waals surface area contributed by atoms with Gasteiger partial charge < -0.3 is 4.98 Å². The van der Waals surface area contributed by atoms with Gasteiger partial charge in [0.25, 0.3) is 5.91 Å². The molecule has 2 rings (SSSR count). The van der Waals surface area contributed by atoms with Crippen molar-refractivity contribution in [2.75, 3.05) is 5.32 Å². The normalized spacial score (nSPS) is 10.9. The summed E-state index contributed by atoms with van der Waals surface area (Å²) in [6.07, 6.45) is 0. The van der Waals surface area contributed by atoms with Gasteiger partial charge in [0.2, 0.25) is 5.13 Å². The number of thiazole rings is 1. The van der Waals surface area contributed by atoms with Gasteiger partial charge in [-0.05, 0) is 6.92 Å². The van der Waals surface area contributed by atoms with E-state index in [1.165, 1.54) is 11.3 Å². The smallest absolute Gasteiger partial charge is 0.305 e. The first kappa shape index (κ1) is 12.9. The molecule has 0 fully saturated rings. The summed E-state index contributed by atoms with van der Waals surface area (Å²) >= 11 is 2.23. The van der Waals surface area contributed by atoms with Crippen molar-refractivity contribution in [1.29, 1.82) is 0 Å². The number of nitrogens with zero attached hydrogens (tertiary/aromatic N) is 2. The lowest BCUT2D eigenvalue weighted by Crippen LogP contribution is -2.11. The second-order valence-corrected chi connectivity index (χ2v) is 6.02. The van der Waals surface area contributed by atoms with Crippen LogP contribution in [0.4, 0.5) is 5.13 Å². The van der Waals surface area contributed by atoms with Gasteiger partial charge in [-0.15, -0.1) is 10.2 Å². The Morgan fingerprint density at radius 3 is 2.56 bits per heavy atom. The number of hydrogen-bond donors (Lipinski definition) is 2. The fourth-order valence-corrected chi connectivity index (χ4v) is 2.77. The first-order valence-electron chi connectivity index (χ1n) is 5.32. The van der Waals surface area contributed by atoms with Crippen LogP contribution < -0.4 is 10.2 Å². The van der Waals surface area contributed by atoms with E-state index < -0.39 is 0 Å². The molecule has 18 heavy (non-hydrogen) atoms. The summed E-state index contributed by atoms with van der Waals surface area (Å²) in [6, 6.07) is 0. The van der Waals surface area contributed by atoms with E-state index in [9.17, 15) is 9.59 Å². The van der Waals surface area contributed by atoms with Crippen LogP contribution in [0, 0.1) is 6.92 Å². The van der Waals surface area contributed by atoms with Crippen molar-refractivity contribution in [3.63, 3.8) is 0 Å². The Morgan fingerprint density at radius 1 is 1.33 bits per heavy atom. The fourth-order valence-electron chi connectivity index (χ4n) is 1.29. The molecular weight excluding hydrogens is 272 g/mol. The van der Waals surface area contributed by atoms with Crippen LogP contribution in [0.3, 0.4) is 0 Å². The molecule has 2 heterocycles. The first-order chi connectivity index (χ1) is 8.47. The lowest BCUT2D eigenvalue weighted by atomic mass is 10.2. The highest BCUT2D eigenvalue weighted by Crippen LogP contribution is 2.23. The molecule has 0 aromatic carbocycles. The van der Waals surface area contributed by atoms with E-state index in [-0.39, 0.29) is 16.7 Å². The van der Waals surface area contributed by atoms with Crippen LogP contribution in [0.1, 0.15) is 40.1 Å². The van der Waals surface area contributed by atoms with Crippen molar-refractivity contribution >= 4 is 33.7 Å². The van der Waals surface area contributed by atoms with Crippen LogP contribution >= 0.6 is 22.7 Å². The molecule has 6 nitrogen and oxygen atoms in total. The van der Waals surface area contributed by atoms with Crippen molar-refractivity contribution in [1.82, 2.24) is 15.2 Å². The van der Waals surface area contributed by atoms with E-state index in [0.29, 0.717) is 15.7 Å². The highest BCUT2D eigenvalue weighted by molar-refractivity contribution is 7.15. The number of carbonyl (C=O) groups is 1. The summed E-state index contributed by atoms with van der Waals surface area (Å²) in [5.41, 5.74) is 0.566. The lowest BCUT2D eigenvalue weighted by molar-refractivity contribution is 0.102. The van der Waals surface area contributed by atoms with Crippen LogP contribution in [-0.4, -0.2) is 21.1 Å². The third kappa shape index (κ3) is 2.65. The number of hydrogen-bond acceptors (Lipinski definition) is 6. The molecule has 8 heteroatoms. The Balaban J connectivity index is 2.16. The number of aromatic amines is 1. The molecule has 0 unspecified atom stereocenters. The van der Waals surface area contributed by atoms with Crippen LogP contribution in [0.5, 0.6) is 0 Å². The van der Waals surface area contributed by atoms with Gasteiger partial charge in [0, 0.05) is 11.6 Å². The highest BCUT2D eigenvalue weighted by Gasteiger charge is 2.16. The van der Waals surface area contributed by atoms with E-state index in [4.69, 9.17) is 0 Å². The average Bonchev–Trinajstić information content (AvgIpc) is 2.85. The monoisotopic (exact) mass is 284 g/mol. The zero-order valence-corrected chi connectivity index (χ0v) is 11.7. The van der Waals surface area contributed by atoms with E-state index in [1.54, 1.807) is 6.92 Å². The number of carbonyl (C=O) groups excluding carboxylic acids is 1. The summed E-state index contributed by atoms with van der Waals surface area (Å²) in [5.74, 6) is -0.0551. The third-order valence-corrected chi connectivity index (χ3v) is 4.31. The summed E-state index contributed by atoms with van der Waals surface area (Å²) in [7, 11) is 0. The summed E-state index contributed by atoms with van der Waals surface area (Å²) < 4.78 is 0. The topological polar surface area (TPSA) is 87.7 Å². The molecule has 0 saturated heterocycles. The van der Waals surface area contributed by atoms with E-state index >= 15 is 0 Å². The van der Waals surface area contributed by atoms with Crippen molar-refractivity contribution in [3.05, 3.63) is 25.2 Å². The minimum atomic E-state index is -0.331. The fraction of sp³-hybridized carbons (Fsp3) is 0.400. The second-order valence-electron chi connectivity index (χ2n) is 4.02. The molecule has 0 spiro atoms.